The van der Waals surface area contributed by atoms with Crippen LogP contribution in [0.3, 0.4) is 0 Å². The molecule has 0 saturated heterocycles. The van der Waals surface area contributed by atoms with Crippen LogP contribution in [0.15, 0.2) is 44.9 Å². The van der Waals surface area contributed by atoms with Crippen LogP contribution in [0.1, 0.15) is 12.3 Å². The van der Waals surface area contributed by atoms with Crippen molar-refractivity contribution in [3.05, 3.63) is 46.3 Å². The highest BCUT2D eigenvalue weighted by Crippen LogP contribution is 2.35. The van der Waals surface area contributed by atoms with E-state index in [1.54, 1.807) is 25.6 Å². The molecule has 0 saturated carbocycles. The first-order valence-electron chi connectivity index (χ1n) is 8.99. The molecular formula is C20H18N4O4S2. The van der Waals surface area contributed by atoms with Gasteiger partial charge < -0.3 is 19.3 Å². The summed E-state index contributed by atoms with van der Waals surface area (Å²) in [7, 11) is 3.20. The number of thiophene rings is 1. The van der Waals surface area contributed by atoms with Crippen molar-refractivity contribution in [2.45, 2.75) is 12.8 Å². The number of amides is 1. The van der Waals surface area contributed by atoms with Gasteiger partial charge in [0, 0.05) is 34.7 Å². The molecule has 0 spiro atoms. The van der Waals surface area contributed by atoms with Gasteiger partial charge in [0.25, 0.3) is 0 Å². The highest BCUT2D eigenvalue weighted by Gasteiger charge is 2.14. The monoisotopic (exact) mass is 442 g/mol. The zero-order valence-corrected chi connectivity index (χ0v) is 17.9. The second-order valence-electron chi connectivity index (χ2n) is 6.18. The Bertz CT molecular complexity index is 1140. The molecule has 0 bridgehead atoms. The summed E-state index contributed by atoms with van der Waals surface area (Å²) >= 11 is 2.90. The van der Waals surface area contributed by atoms with Crippen LogP contribution in [-0.2, 0) is 11.2 Å². The van der Waals surface area contributed by atoms with E-state index in [1.165, 1.54) is 11.3 Å². The number of hydrogen-bond acceptors (Lipinski definition) is 9. The van der Waals surface area contributed by atoms with Crippen LogP contribution >= 0.6 is 22.7 Å². The minimum Gasteiger partial charge on any atom is -0.497 e. The molecule has 0 atom stereocenters. The molecule has 154 valence electrons. The van der Waals surface area contributed by atoms with Crippen molar-refractivity contribution in [3.63, 3.8) is 0 Å². The van der Waals surface area contributed by atoms with Crippen molar-refractivity contribution >= 4 is 33.7 Å². The third-order valence-electron chi connectivity index (χ3n) is 4.25. The molecule has 30 heavy (non-hydrogen) atoms. The lowest BCUT2D eigenvalue weighted by Crippen LogP contribution is -2.12. The van der Waals surface area contributed by atoms with Crippen LogP contribution < -0.4 is 14.8 Å². The van der Waals surface area contributed by atoms with Gasteiger partial charge in [0.15, 0.2) is 5.13 Å². The lowest BCUT2D eigenvalue weighted by Gasteiger charge is -2.08. The summed E-state index contributed by atoms with van der Waals surface area (Å²) in [6, 6.07) is 7.41. The second-order valence-corrected chi connectivity index (χ2v) is 7.81. The van der Waals surface area contributed by atoms with Gasteiger partial charge in [0.2, 0.25) is 17.6 Å². The van der Waals surface area contributed by atoms with Gasteiger partial charge in [0.1, 0.15) is 11.5 Å². The molecule has 1 aromatic carbocycles. The van der Waals surface area contributed by atoms with Crippen molar-refractivity contribution in [1.29, 1.82) is 0 Å². The minimum atomic E-state index is -0.177. The minimum absolute atomic E-state index is 0.177. The van der Waals surface area contributed by atoms with Crippen LogP contribution in [0, 0.1) is 0 Å². The molecule has 1 N–H and O–H groups in total. The number of anilines is 1. The lowest BCUT2D eigenvalue weighted by molar-refractivity contribution is -0.116. The fourth-order valence-electron chi connectivity index (χ4n) is 2.74. The molecule has 0 aliphatic rings. The molecular weight excluding hydrogens is 424 g/mol. The maximum Gasteiger partial charge on any atom is 0.227 e. The summed E-state index contributed by atoms with van der Waals surface area (Å²) < 4.78 is 15.9. The maximum atomic E-state index is 12.3. The van der Waals surface area contributed by atoms with Crippen molar-refractivity contribution in [1.82, 2.24) is 15.1 Å². The average Bonchev–Trinajstić information content (AvgIpc) is 3.53. The summed E-state index contributed by atoms with van der Waals surface area (Å²) in [5.74, 6) is 2.15. The summed E-state index contributed by atoms with van der Waals surface area (Å²) in [6.45, 7) is 0. The van der Waals surface area contributed by atoms with Crippen LogP contribution in [-0.4, -0.2) is 35.3 Å². The van der Waals surface area contributed by atoms with E-state index in [4.69, 9.17) is 14.0 Å². The molecule has 0 aliphatic heterocycles. The summed E-state index contributed by atoms with van der Waals surface area (Å²) in [4.78, 5) is 21.1. The molecule has 0 radical (unpaired) electrons. The van der Waals surface area contributed by atoms with E-state index in [9.17, 15) is 4.79 Å². The molecule has 4 rings (SSSR count). The third kappa shape index (κ3) is 4.50. The van der Waals surface area contributed by atoms with Crippen molar-refractivity contribution in [2.24, 2.45) is 0 Å². The summed E-state index contributed by atoms with van der Waals surface area (Å²) in [5.41, 5.74) is 2.39. The van der Waals surface area contributed by atoms with Gasteiger partial charge in [-0.25, -0.2) is 4.98 Å². The van der Waals surface area contributed by atoms with E-state index >= 15 is 0 Å². The number of aromatic nitrogens is 3. The fraction of sp³-hybridized carbons (Fsp3) is 0.200. The first kappa shape index (κ1) is 20.0. The van der Waals surface area contributed by atoms with Crippen molar-refractivity contribution in [3.8, 4) is 34.1 Å². The molecule has 0 fully saturated rings. The predicted octanol–water partition coefficient (Wildman–Crippen LogP) is 4.51. The number of carbonyl (C=O) groups excluding carboxylic acids is 1. The highest BCUT2D eigenvalue weighted by atomic mass is 32.1. The number of hydrogen-bond donors (Lipinski definition) is 1. The molecule has 3 heterocycles. The van der Waals surface area contributed by atoms with Crippen LogP contribution in [0.2, 0.25) is 0 Å². The Balaban J connectivity index is 1.38. The normalized spacial score (nSPS) is 10.7. The Morgan fingerprint density at radius 2 is 2.07 bits per heavy atom. The zero-order valence-electron chi connectivity index (χ0n) is 16.2. The summed E-state index contributed by atoms with van der Waals surface area (Å²) in [5, 5.41) is 13.0. The van der Waals surface area contributed by atoms with E-state index < -0.39 is 0 Å². The van der Waals surface area contributed by atoms with Gasteiger partial charge in [-0.3, -0.25) is 4.79 Å². The number of methoxy groups -OCH3 is 2. The lowest BCUT2D eigenvalue weighted by atomic mass is 10.1. The maximum absolute atomic E-state index is 12.3. The molecule has 10 heteroatoms. The molecule has 4 aromatic rings. The topological polar surface area (TPSA) is 99.4 Å². The number of nitrogens with one attached hydrogen (secondary N) is 1. The Labute approximate surface area is 180 Å². The average molecular weight is 443 g/mol. The predicted molar refractivity (Wildman–Crippen MR) is 115 cm³/mol. The first-order chi connectivity index (χ1) is 14.7. The van der Waals surface area contributed by atoms with E-state index in [0.29, 0.717) is 40.5 Å². The number of ether oxygens (including phenoxy) is 2. The van der Waals surface area contributed by atoms with Gasteiger partial charge in [-0.1, -0.05) is 5.16 Å². The van der Waals surface area contributed by atoms with Gasteiger partial charge >= 0.3 is 0 Å². The second kappa shape index (κ2) is 9.06. The van der Waals surface area contributed by atoms with Crippen LogP contribution in [0.5, 0.6) is 11.5 Å². The number of rotatable bonds is 8. The van der Waals surface area contributed by atoms with Gasteiger partial charge in [-0.15, -0.1) is 11.3 Å². The Morgan fingerprint density at radius 3 is 2.83 bits per heavy atom. The largest absolute Gasteiger partial charge is 0.497 e. The summed E-state index contributed by atoms with van der Waals surface area (Å²) in [6.07, 6.45) is 0.563. The molecule has 8 nitrogen and oxygen atoms in total. The first-order valence-corrected chi connectivity index (χ1v) is 10.8. The Hall–Kier alpha value is -3.24. The van der Waals surface area contributed by atoms with E-state index in [1.807, 2.05) is 40.4 Å². The number of nitrogens with zero attached hydrogens (tertiary/aromatic N) is 3. The smallest absolute Gasteiger partial charge is 0.227 e. The van der Waals surface area contributed by atoms with E-state index in [0.717, 1.165) is 11.1 Å². The molecule has 3 aromatic heterocycles. The van der Waals surface area contributed by atoms with E-state index in [-0.39, 0.29) is 12.3 Å². The number of carbonyl (C=O) groups is 1. The SMILES string of the molecule is COc1ccc(OC)c(-c2csc(NC(=O)CCc3nc(-c4ccsc4)no3)n2)c1. The number of thiazole rings is 1. The van der Waals surface area contributed by atoms with Crippen LogP contribution in [0.25, 0.3) is 22.6 Å². The van der Waals surface area contributed by atoms with Gasteiger partial charge in [-0.05, 0) is 29.6 Å². The highest BCUT2D eigenvalue weighted by molar-refractivity contribution is 7.14. The van der Waals surface area contributed by atoms with Crippen molar-refractivity contribution in [2.75, 3.05) is 19.5 Å². The third-order valence-corrected chi connectivity index (χ3v) is 5.69. The number of aryl methyl sites for hydroxylation is 1. The quantitative estimate of drug-likeness (QED) is 0.428. The Morgan fingerprint density at radius 1 is 1.17 bits per heavy atom. The van der Waals surface area contributed by atoms with Gasteiger partial charge in [-0.2, -0.15) is 16.3 Å². The van der Waals surface area contributed by atoms with E-state index in [2.05, 4.69) is 20.4 Å². The fourth-order valence-corrected chi connectivity index (χ4v) is 4.10. The molecule has 0 unspecified atom stereocenters. The van der Waals surface area contributed by atoms with Crippen molar-refractivity contribution < 1.29 is 18.8 Å². The van der Waals surface area contributed by atoms with Crippen LogP contribution in [0.4, 0.5) is 5.13 Å². The Kier molecular flexibility index (Phi) is 6.05. The van der Waals surface area contributed by atoms with Gasteiger partial charge in [0.05, 0.1) is 19.9 Å². The number of benzene rings is 1. The molecule has 1 amide bonds. The zero-order chi connectivity index (χ0) is 20.9. The molecule has 0 aliphatic carbocycles. The standard InChI is InChI=1S/C20H18N4O4S2/c1-26-13-3-4-16(27-2)14(9-13)15-11-30-20(21-15)22-17(25)5-6-18-23-19(24-28-18)12-7-8-29-10-12/h3-4,7-11H,5-6H2,1-2H3,(H,21,22,25).